The van der Waals surface area contributed by atoms with Crippen LogP contribution < -0.4 is 0 Å². The van der Waals surface area contributed by atoms with Crippen LogP contribution in [0.1, 0.15) is 0 Å². The third-order valence-electron chi connectivity index (χ3n) is 2.02. The molecule has 0 aliphatic carbocycles. The van der Waals surface area contributed by atoms with E-state index < -0.39 is 41.8 Å². The number of alkyl halides is 9. The maximum atomic E-state index is 12.3. The fourth-order valence-corrected chi connectivity index (χ4v) is 1.23. The molecule has 0 aliphatic rings. The van der Waals surface area contributed by atoms with E-state index in [0.29, 0.717) is 0 Å². The fraction of sp³-hybridized carbons (Fsp3) is 0.571. The van der Waals surface area contributed by atoms with Crippen LogP contribution in [0.4, 0.5) is 43.9 Å². The second kappa shape index (κ2) is 4.56. The Morgan fingerprint density at radius 1 is 0.789 bits per heavy atom. The molecule has 19 heavy (non-hydrogen) atoms. The SMILES string of the molecule is O=C(O)C(=CF)C(C(F)(F)F)(C(F)(F)F)C(F)(F)F. The lowest BCUT2D eigenvalue weighted by atomic mass is 9.78. The van der Waals surface area contributed by atoms with Crippen LogP contribution in [0.2, 0.25) is 0 Å². The second-order valence-electron chi connectivity index (χ2n) is 3.07. The molecule has 0 saturated heterocycles. The molecule has 0 saturated carbocycles. The van der Waals surface area contributed by atoms with Crippen molar-refractivity contribution in [1.82, 2.24) is 0 Å². The number of aliphatic carboxylic acids is 1. The van der Waals surface area contributed by atoms with Crippen LogP contribution in [-0.2, 0) is 4.79 Å². The van der Waals surface area contributed by atoms with E-state index in [1.807, 2.05) is 0 Å². The largest absolute Gasteiger partial charge is 0.478 e. The quantitative estimate of drug-likeness (QED) is 0.625. The lowest BCUT2D eigenvalue weighted by Gasteiger charge is -2.38. The molecule has 1 N–H and O–H groups in total. The molecule has 0 aromatic rings. The Morgan fingerprint density at radius 3 is 1.11 bits per heavy atom. The number of hydrogen-bond acceptors (Lipinski definition) is 1. The molecule has 0 heterocycles. The molecule has 0 atom stereocenters. The summed E-state index contributed by atoms with van der Waals surface area (Å²) in [4.78, 5) is 10.1. The molecule has 0 amide bonds. The summed E-state index contributed by atoms with van der Waals surface area (Å²) in [5, 5.41) is 7.99. The van der Waals surface area contributed by atoms with Crippen molar-refractivity contribution in [3.63, 3.8) is 0 Å². The van der Waals surface area contributed by atoms with Gasteiger partial charge in [-0.25, -0.2) is 9.18 Å². The maximum Gasteiger partial charge on any atom is 0.416 e. The van der Waals surface area contributed by atoms with Crippen molar-refractivity contribution < 1.29 is 53.8 Å². The van der Waals surface area contributed by atoms with Gasteiger partial charge in [-0.05, 0) is 0 Å². The average molecular weight is 308 g/mol. The number of carbonyl (C=O) groups is 1. The number of hydrogen-bond donors (Lipinski definition) is 1. The molecule has 112 valence electrons. The number of rotatable bonds is 2. The highest BCUT2D eigenvalue weighted by molar-refractivity contribution is 5.88. The molecule has 0 unspecified atom stereocenters. The molecule has 2 nitrogen and oxygen atoms in total. The predicted octanol–water partition coefficient (Wildman–Crippen LogP) is 3.60. The summed E-state index contributed by atoms with van der Waals surface area (Å²) >= 11 is 0. The topological polar surface area (TPSA) is 37.3 Å². The average Bonchev–Trinajstić information content (AvgIpc) is 2.05. The zero-order valence-corrected chi connectivity index (χ0v) is 8.21. The van der Waals surface area contributed by atoms with Crippen molar-refractivity contribution in [2.45, 2.75) is 18.5 Å². The van der Waals surface area contributed by atoms with Gasteiger partial charge in [-0.15, -0.1) is 0 Å². The molecule has 0 aromatic heterocycles. The predicted molar refractivity (Wildman–Crippen MR) is 37.4 cm³/mol. The van der Waals surface area contributed by atoms with Crippen LogP contribution in [0.5, 0.6) is 0 Å². The molecule has 0 bridgehead atoms. The van der Waals surface area contributed by atoms with E-state index in [4.69, 9.17) is 5.11 Å². The van der Waals surface area contributed by atoms with Crippen molar-refractivity contribution in [1.29, 1.82) is 0 Å². The molecule has 12 heteroatoms. The Hall–Kier alpha value is -1.49. The first-order valence-corrected chi connectivity index (χ1v) is 3.89. The van der Waals surface area contributed by atoms with Crippen LogP contribution in [0, 0.1) is 5.41 Å². The van der Waals surface area contributed by atoms with Gasteiger partial charge in [-0.1, -0.05) is 0 Å². The first kappa shape index (κ1) is 17.5. The zero-order chi connectivity index (χ0) is 15.9. The highest BCUT2D eigenvalue weighted by Crippen LogP contribution is 2.63. The molecule has 0 radical (unpaired) electrons. The van der Waals surface area contributed by atoms with Crippen LogP contribution in [0.15, 0.2) is 11.9 Å². The summed E-state index contributed by atoms with van der Waals surface area (Å²) in [6.07, 6.45) is -23.3. The Kier molecular flexibility index (Phi) is 4.20. The van der Waals surface area contributed by atoms with Crippen LogP contribution >= 0.6 is 0 Å². The van der Waals surface area contributed by atoms with Crippen molar-refractivity contribution in [3.05, 3.63) is 11.9 Å². The lowest BCUT2D eigenvalue weighted by Crippen LogP contribution is -2.61. The van der Waals surface area contributed by atoms with Crippen LogP contribution in [0.3, 0.4) is 0 Å². The summed E-state index contributed by atoms with van der Waals surface area (Å²) in [6, 6.07) is 0. The summed E-state index contributed by atoms with van der Waals surface area (Å²) < 4.78 is 122. The normalized spacial score (nSPS) is 15.6. The minimum atomic E-state index is -7.15. The molecule has 0 aromatic carbocycles. The molecule has 0 spiro atoms. The van der Waals surface area contributed by atoms with E-state index in [2.05, 4.69) is 0 Å². The smallest absolute Gasteiger partial charge is 0.416 e. The Balaban J connectivity index is 6.71. The molecule has 0 aliphatic heterocycles. The van der Waals surface area contributed by atoms with Crippen molar-refractivity contribution in [2.24, 2.45) is 5.41 Å². The summed E-state index contributed by atoms with van der Waals surface area (Å²) in [5.41, 5.74) is -10.3. The van der Waals surface area contributed by atoms with Gasteiger partial charge >= 0.3 is 24.5 Å². The van der Waals surface area contributed by atoms with E-state index in [9.17, 15) is 48.7 Å². The zero-order valence-electron chi connectivity index (χ0n) is 8.21. The van der Waals surface area contributed by atoms with E-state index in [1.54, 1.807) is 0 Å². The number of carboxylic acids is 1. The molecule has 0 fully saturated rings. The van der Waals surface area contributed by atoms with Crippen LogP contribution in [-0.4, -0.2) is 29.6 Å². The Labute approximate surface area is 96.9 Å². The fourth-order valence-electron chi connectivity index (χ4n) is 1.23. The minimum absolute atomic E-state index is 1.88. The highest BCUT2D eigenvalue weighted by atomic mass is 19.4. The van der Waals surface area contributed by atoms with Gasteiger partial charge < -0.3 is 5.11 Å². The second-order valence-corrected chi connectivity index (χ2v) is 3.07. The van der Waals surface area contributed by atoms with Crippen molar-refractivity contribution >= 4 is 5.97 Å². The first-order chi connectivity index (χ1) is 8.14. The van der Waals surface area contributed by atoms with Gasteiger partial charge in [0.05, 0.1) is 11.9 Å². The molecular formula is C7H2F10O2. The van der Waals surface area contributed by atoms with Crippen molar-refractivity contribution in [2.75, 3.05) is 0 Å². The molecular weight excluding hydrogens is 306 g/mol. The monoisotopic (exact) mass is 308 g/mol. The van der Waals surface area contributed by atoms with Gasteiger partial charge in [0, 0.05) is 0 Å². The van der Waals surface area contributed by atoms with Gasteiger partial charge in [0.2, 0.25) is 0 Å². The summed E-state index contributed by atoms with van der Waals surface area (Å²) in [5.74, 6) is -3.34. The third-order valence-corrected chi connectivity index (χ3v) is 2.02. The molecule has 0 rings (SSSR count). The third kappa shape index (κ3) is 2.47. The highest BCUT2D eigenvalue weighted by Gasteiger charge is 2.86. The standard InChI is InChI=1S/C7H2F10O2/c8-1-2(3(18)19)4(5(9,10)11,6(12,13)14)7(15,16)17/h1H,(H,18,19). The van der Waals surface area contributed by atoms with E-state index in [1.165, 1.54) is 0 Å². The minimum Gasteiger partial charge on any atom is -0.478 e. The summed E-state index contributed by atoms with van der Waals surface area (Å²) in [6.45, 7) is 0. The van der Waals surface area contributed by atoms with Gasteiger partial charge in [-0.3, -0.25) is 0 Å². The van der Waals surface area contributed by atoms with E-state index in [0.717, 1.165) is 0 Å². The van der Waals surface area contributed by atoms with Gasteiger partial charge in [0.25, 0.3) is 5.41 Å². The number of halogens is 10. The van der Waals surface area contributed by atoms with E-state index in [-0.39, 0.29) is 0 Å². The van der Waals surface area contributed by atoms with Gasteiger partial charge in [0.1, 0.15) is 0 Å². The lowest BCUT2D eigenvalue weighted by molar-refractivity contribution is -0.410. The van der Waals surface area contributed by atoms with Crippen LogP contribution in [0.25, 0.3) is 0 Å². The Morgan fingerprint density at radius 2 is 1.05 bits per heavy atom. The maximum absolute atomic E-state index is 12.3. The van der Waals surface area contributed by atoms with Gasteiger partial charge in [0.15, 0.2) is 0 Å². The Bertz CT molecular complexity index is 348. The first-order valence-electron chi connectivity index (χ1n) is 3.89. The van der Waals surface area contributed by atoms with Crippen molar-refractivity contribution in [3.8, 4) is 0 Å². The van der Waals surface area contributed by atoms with Gasteiger partial charge in [-0.2, -0.15) is 39.5 Å². The van der Waals surface area contributed by atoms with E-state index >= 15 is 0 Å². The number of carboxylic acid groups (broad SMARTS) is 1. The summed E-state index contributed by atoms with van der Waals surface area (Å²) in [7, 11) is 0.